The second kappa shape index (κ2) is 3.11. The Morgan fingerprint density at radius 2 is 2.55 bits per heavy atom. The summed E-state index contributed by atoms with van der Waals surface area (Å²) in [5.74, 6) is -1.43. The third kappa shape index (κ3) is 1.74. The maximum absolute atomic E-state index is 10.2. The van der Waals surface area contributed by atoms with Crippen molar-refractivity contribution in [2.24, 2.45) is 0 Å². The molecular formula is C5H6N2O4. The summed E-state index contributed by atoms with van der Waals surface area (Å²) in [6, 6.07) is 0. The minimum atomic E-state index is -1.24. The standard InChI is InChI=1S/C5H6N2O4/c1-10-2-3-6-4(5(8)9)11-7-3/h2H2,1H3,(H,8,9). The lowest BCUT2D eigenvalue weighted by atomic mass is 10.6. The molecule has 0 unspecified atom stereocenters. The predicted molar refractivity (Wildman–Crippen MR) is 32.0 cm³/mol. The molecule has 0 aromatic carbocycles. The lowest BCUT2D eigenvalue weighted by molar-refractivity contribution is 0.0643. The van der Waals surface area contributed by atoms with Crippen LogP contribution in [-0.2, 0) is 11.3 Å². The van der Waals surface area contributed by atoms with Crippen LogP contribution in [0.1, 0.15) is 16.5 Å². The summed E-state index contributed by atoms with van der Waals surface area (Å²) in [4.78, 5) is 13.7. The summed E-state index contributed by atoms with van der Waals surface area (Å²) in [6.07, 6.45) is 0. The highest BCUT2D eigenvalue weighted by Crippen LogP contribution is 1.97. The van der Waals surface area contributed by atoms with E-state index in [9.17, 15) is 4.79 Å². The molecular weight excluding hydrogens is 152 g/mol. The van der Waals surface area contributed by atoms with E-state index < -0.39 is 11.9 Å². The average Bonchev–Trinajstić information content (AvgIpc) is 2.37. The molecule has 1 aromatic heterocycles. The molecule has 0 spiro atoms. The Morgan fingerprint density at radius 3 is 3.00 bits per heavy atom. The van der Waals surface area contributed by atoms with Crippen molar-refractivity contribution < 1.29 is 19.2 Å². The normalized spacial score (nSPS) is 9.91. The van der Waals surface area contributed by atoms with E-state index in [0.717, 1.165) is 0 Å². The van der Waals surface area contributed by atoms with Gasteiger partial charge in [0.2, 0.25) is 0 Å². The summed E-state index contributed by atoms with van der Waals surface area (Å²) in [5.41, 5.74) is 0. The van der Waals surface area contributed by atoms with Gasteiger partial charge in [-0.05, 0) is 0 Å². The van der Waals surface area contributed by atoms with Crippen LogP contribution in [-0.4, -0.2) is 28.3 Å². The van der Waals surface area contributed by atoms with Crippen LogP contribution in [0, 0.1) is 0 Å². The summed E-state index contributed by atoms with van der Waals surface area (Å²) >= 11 is 0. The van der Waals surface area contributed by atoms with Crippen molar-refractivity contribution in [2.75, 3.05) is 7.11 Å². The predicted octanol–water partition coefficient (Wildman–Crippen LogP) is -0.0858. The van der Waals surface area contributed by atoms with Gasteiger partial charge in [0.25, 0.3) is 0 Å². The van der Waals surface area contributed by atoms with Crippen molar-refractivity contribution in [3.05, 3.63) is 11.7 Å². The van der Waals surface area contributed by atoms with Crippen molar-refractivity contribution in [3.63, 3.8) is 0 Å². The third-order valence-electron chi connectivity index (χ3n) is 0.924. The van der Waals surface area contributed by atoms with Crippen LogP contribution in [0.25, 0.3) is 0 Å². The molecule has 0 fully saturated rings. The first-order chi connectivity index (χ1) is 5.24. The fraction of sp³-hybridized carbons (Fsp3) is 0.400. The van der Waals surface area contributed by atoms with E-state index in [0.29, 0.717) is 0 Å². The van der Waals surface area contributed by atoms with E-state index in [1.165, 1.54) is 7.11 Å². The lowest BCUT2D eigenvalue weighted by Gasteiger charge is -1.85. The van der Waals surface area contributed by atoms with Crippen LogP contribution in [0.4, 0.5) is 0 Å². The molecule has 0 atom stereocenters. The van der Waals surface area contributed by atoms with Crippen LogP contribution in [0.15, 0.2) is 4.52 Å². The van der Waals surface area contributed by atoms with Gasteiger partial charge in [0.15, 0.2) is 5.82 Å². The van der Waals surface area contributed by atoms with Crippen LogP contribution < -0.4 is 0 Å². The van der Waals surface area contributed by atoms with Gasteiger partial charge in [-0.3, -0.25) is 0 Å². The molecule has 6 nitrogen and oxygen atoms in total. The lowest BCUT2D eigenvalue weighted by Crippen LogP contribution is -1.97. The van der Waals surface area contributed by atoms with E-state index in [2.05, 4.69) is 19.4 Å². The Morgan fingerprint density at radius 1 is 1.82 bits per heavy atom. The summed E-state index contributed by atoms with van der Waals surface area (Å²) in [5, 5.41) is 11.7. The van der Waals surface area contributed by atoms with Crippen molar-refractivity contribution in [3.8, 4) is 0 Å². The van der Waals surface area contributed by atoms with Gasteiger partial charge in [-0.2, -0.15) is 4.98 Å². The van der Waals surface area contributed by atoms with Crippen molar-refractivity contribution in [2.45, 2.75) is 6.61 Å². The molecule has 0 aliphatic heterocycles. The number of aromatic nitrogens is 2. The molecule has 6 heteroatoms. The number of rotatable bonds is 3. The SMILES string of the molecule is COCc1noc(C(=O)O)n1. The Kier molecular flexibility index (Phi) is 2.17. The Balaban J connectivity index is 2.73. The highest BCUT2D eigenvalue weighted by atomic mass is 16.5. The zero-order valence-corrected chi connectivity index (χ0v) is 5.77. The zero-order chi connectivity index (χ0) is 8.27. The Hall–Kier alpha value is -1.43. The molecule has 0 saturated heterocycles. The molecule has 0 aliphatic rings. The molecule has 1 aromatic rings. The van der Waals surface area contributed by atoms with E-state index in [-0.39, 0.29) is 12.4 Å². The van der Waals surface area contributed by atoms with Crippen LogP contribution in [0.3, 0.4) is 0 Å². The number of hydrogen-bond acceptors (Lipinski definition) is 5. The van der Waals surface area contributed by atoms with Gasteiger partial charge in [-0.25, -0.2) is 4.79 Å². The Bertz CT molecular complexity index is 257. The van der Waals surface area contributed by atoms with Gasteiger partial charge in [0.05, 0.1) is 0 Å². The maximum atomic E-state index is 10.2. The number of aromatic carboxylic acids is 1. The van der Waals surface area contributed by atoms with Crippen LogP contribution >= 0.6 is 0 Å². The summed E-state index contributed by atoms with van der Waals surface area (Å²) in [7, 11) is 1.46. The van der Waals surface area contributed by atoms with Gasteiger partial charge < -0.3 is 14.4 Å². The molecule has 11 heavy (non-hydrogen) atoms. The minimum Gasteiger partial charge on any atom is -0.474 e. The van der Waals surface area contributed by atoms with Gasteiger partial charge in [0.1, 0.15) is 6.61 Å². The molecule has 0 amide bonds. The van der Waals surface area contributed by atoms with Gasteiger partial charge in [0, 0.05) is 7.11 Å². The van der Waals surface area contributed by atoms with Crippen molar-refractivity contribution in [1.29, 1.82) is 0 Å². The van der Waals surface area contributed by atoms with Crippen LogP contribution in [0.2, 0.25) is 0 Å². The fourth-order valence-corrected chi connectivity index (χ4v) is 0.529. The average molecular weight is 158 g/mol. The van der Waals surface area contributed by atoms with E-state index in [1.54, 1.807) is 0 Å². The second-order valence-corrected chi connectivity index (χ2v) is 1.75. The van der Waals surface area contributed by atoms with Gasteiger partial charge in [-0.15, -0.1) is 0 Å². The first-order valence-electron chi connectivity index (χ1n) is 2.79. The van der Waals surface area contributed by atoms with Crippen molar-refractivity contribution in [1.82, 2.24) is 10.1 Å². The molecule has 1 heterocycles. The number of carboxylic acid groups (broad SMARTS) is 1. The number of methoxy groups -OCH3 is 1. The molecule has 1 N–H and O–H groups in total. The second-order valence-electron chi connectivity index (χ2n) is 1.75. The smallest absolute Gasteiger partial charge is 0.394 e. The zero-order valence-electron chi connectivity index (χ0n) is 5.77. The molecule has 0 bridgehead atoms. The molecule has 0 saturated carbocycles. The first-order valence-corrected chi connectivity index (χ1v) is 2.79. The number of ether oxygens (including phenoxy) is 1. The summed E-state index contributed by atoms with van der Waals surface area (Å²) < 4.78 is 8.98. The third-order valence-corrected chi connectivity index (χ3v) is 0.924. The maximum Gasteiger partial charge on any atom is 0.394 e. The highest BCUT2D eigenvalue weighted by Gasteiger charge is 2.12. The molecule has 0 radical (unpaired) electrons. The number of carboxylic acids is 1. The van der Waals surface area contributed by atoms with Gasteiger partial charge >= 0.3 is 11.9 Å². The van der Waals surface area contributed by atoms with E-state index in [1.807, 2.05) is 0 Å². The van der Waals surface area contributed by atoms with Crippen LogP contribution in [0.5, 0.6) is 0 Å². The molecule has 0 aliphatic carbocycles. The van der Waals surface area contributed by atoms with E-state index in [4.69, 9.17) is 5.11 Å². The van der Waals surface area contributed by atoms with Crippen molar-refractivity contribution >= 4 is 5.97 Å². The summed E-state index contributed by atoms with van der Waals surface area (Å²) in [6.45, 7) is 0.150. The largest absolute Gasteiger partial charge is 0.474 e. The van der Waals surface area contributed by atoms with Gasteiger partial charge in [-0.1, -0.05) is 5.16 Å². The fourth-order valence-electron chi connectivity index (χ4n) is 0.529. The van der Waals surface area contributed by atoms with E-state index >= 15 is 0 Å². The number of hydrogen-bond donors (Lipinski definition) is 1. The molecule has 60 valence electrons. The Labute approximate surface area is 61.8 Å². The number of carbonyl (C=O) groups is 1. The minimum absolute atomic E-state index is 0.150. The topological polar surface area (TPSA) is 85.5 Å². The molecule has 1 rings (SSSR count). The quantitative estimate of drug-likeness (QED) is 0.661. The first kappa shape index (κ1) is 7.67. The number of nitrogens with zero attached hydrogens (tertiary/aromatic N) is 2. The monoisotopic (exact) mass is 158 g/mol. The highest BCUT2D eigenvalue weighted by molar-refractivity contribution is 5.81.